The largest absolute Gasteiger partial charge is 0.494 e. The third kappa shape index (κ3) is 4.42. The molecule has 0 spiro atoms. The van der Waals surface area contributed by atoms with Crippen molar-refractivity contribution in [3.63, 3.8) is 0 Å². The summed E-state index contributed by atoms with van der Waals surface area (Å²) in [5.74, 6) is 0.660. The van der Waals surface area contributed by atoms with E-state index in [4.69, 9.17) is 4.74 Å². The Hall–Kier alpha value is -4.08. The maximum atomic E-state index is 12.8. The fourth-order valence-electron chi connectivity index (χ4n) is 3.24. The highest BCUT2D eigenvalue weighted by Crippen LogP contribution is 2.26. The Morgan fingerprint density at radius 1 is 1.16 bits per heavy atom. The zero-order valence-electron chi connectivity index (χ0n) is 17.1. The predicted octanol–water partition coefficient (Wildman–Crippen LogP) is 2.10. The first-order valence-electron chi connectivity index (χ1n) is 9.71. The lowest BCUT2D eigenvalue weighted by Crippen LogP contribution is -2.36. The summed E-state index contributed by atoms with van der Waals surface area (Å²) in [7, 11) is 1.55. The normalized spacial score (nSPS) is 13.7. The van der Waals surface area contributed by atoms with E-state index in [9.17, 15) is 9.59 Å². The molecule has 10 nitrogen and oxygen atoms in total. The Bertz CT molecular complexity index is 1140. The molecule has 0 saturated carbocycles. The van der Waals surface area contributed by atoms with Crippen molar-refractivity contribution in [2.75, 3.05) is 12.4 Å². The van der Waals surface area contributed by atoms with Gasteiger partial charge in [0.25, 0.3) is 5.91 Å². The van der Waals surface area contributed by atoms with Gasteiger partial charge in [-0.25, -0.2) is 5.01 Å². The van der Waals surface area contributed by atoms with Crippen LogP contribution in [0.15, 0.2) is 53.6 Å². The number of nitrogens with zero attached hydrogens (tertiary/aromatic N) is 6. The molecule has 1 aliphatic rings. The summed E-state index contributed by atoms with van der Waals surface area (Å²) in [6.07, 6.45) is 0.516. The maximum absolute atomic E-state index is 12.8. The number of ether oxygens (including phenoxy) is 1. The van der Waals surface area contributed by atoms with Gasteiger partial charge in [0.15, 0.2) is 5.82 Å². The van der Waals surface area contributed by atoms with Crippen molar-refractivity contribution in [1.29, 1.82) is 0 Å². The standard InChI is InChI=1S/C21H21N7O3/c1-14-23-25-26-28(14)18-12-16(8-10-19(18)31-2)22-21(30)17-9-11-20(29)27(24-17)13-15-6-4-3-5-7-15/h3-8,10,12H,9,11,13H2,1-2H3,(H,22,30). The molecule has 1 N–H and O–H groups in total. The van der Waals surface area contributed by atoms with E-state index in [-0.39, 0.29) is 24.7 Å². The fraction of sp³-hybridized carbons (Fsp3) is 0.238. The minimum Gasteiger partial charge on any atom is -0.494 e. The molecule has 0 atom stereocenters. The van der Waals surface area contributed by atoms with E-state index >= 15 is 0 Å². The van der Waals surface area contributed by atoms with Gasteiger partial charge in [0.2, 0.25) is 5.91 Å². The highest BCUT2D eigenvalue weighted by molar-refractivity contribution is 6.43. The molecule has 0 radical (unpaired) electrons. The molecule has 2 heterocycles. The number of anilines is 1. The van der Waals surface area contributed by atoms with Crippen molar-refractivity contribution in [1.82, 2.24) is 25.2 Å². The molecule has 2 amide bonds. The zero-order valence-corrected chi connectivity index (χ0v) is 17.1. The number of rotatable bonds is 6. The highest BCUT2D eigenvalue weighted by atomic mass is 16.5. The van der Waals surface area contributed by atoms with Crippen LogP contribution in [0.1, 0.15) is 24.2 Å². The van der Waals surface area contributed by atoms with Crippen LogP contribution in [0.5, 0.6) is 5.75 Å². The molecule has 31 heavy (non-hydrogen) atoms. The molecule has 0 saturated heterocycles. The number of methoxy groups -OCH3 is 1. The first-order chi connectivity index (χ1) is 15.0. The number of aromatic nitrogens is 4. The summed E-state index contributed by atoms with van der Waals surface area (Å²) in [6, 6.07) is 14.7. The smallest absolute Gasteiger partial charge is 0.271 e. The number of nitrogens with one attached hydrogen (secondary N) is 1. The Morgan fingerprint density at radius 2 is 1.97 bits per heavy atom. The third-order valence-corrected chi connectivity index (χ3v) is 4.83. The Labute approximate surface area is 178 Å². The second-order valence-corrected chi connectivity index (χ2v) is 6.96. The van der Waals surface area contributed by atoms with Crippen LogP contribution in [0, 0.1) is 6.92 Å². The van der Waals surface area contributed by atoms with Gasteiger partial charge in [-0.1, -0.05) is 30.3 Å². The Kier molecular flexibility index (Phi) is 5.69. The SMILES string of the molecule is COc1ccc(NC(=O)C2=NN(Cc3ccccc3)C(=O)CC2)cc1-n1nnnc1C. The number of carbonyl (C=O) groups excluding carboxylic acids is 2. The van der Waals surface area contributed by atoms with Crippen LogP contribution in [0.2, 0.25) is 0 Å². The summed E-state index contributed by atoms with van der Waals surface area (Å²) in [5.41, 5.74) is 2.36. The van der Waals surface area contributed by atoms with Crippen molar-refractivity contribution < 1.29 is 14.3 Å². The number of hydrogen-bond acceptors (Lipinski definition) is 7. The number of carbonyl (C=O) groups is 2. The molecular weight excluding hydrogens is 398 g/mol. The van der Waals surface area contributed by atoms with Crippen molar-refractivity contribution in [3.8, 4) is 11.4 Å². The molecular formula is C21H21N7O3. The van der Waals surface area contributed by atoms with E-state index < -0.39 is 0 Å². The fourth-order valence-corrected chi connectivity index (χ4v) is 3.24. The Morgan fingerprint density at radius 3 is 2.68 bits per heavy atom. The molecule has 1 aromatic heterocycles. The van der Waals surface area contributed by atoms with Crippen LogP contribution in [-0.4, -0.2) is 49.9 Å². The van der Waals surface area contributed by atoms with E-state index in [0.717, 1.165) is 5.56 Å². The predicted molar refractivity (Wildman–Crippen MR) is 113 cm³/mol. The molecule has 1 aliphatic heterocycles. The highest BCUT2D eigenvalue weighted by Gasteiger charge is 2.25. The number of tetrazole rings is 1. The van der Waals surface area contributed by atoms with E-state index in [1.165, 1.54) is 9.69 Å². The second-order valence-electron chi connectivity index (χ2n) is 6.96. The first-order valence-corrected chi connectivity index (χ1v) is 9.71. The van der Waals surface area contributed by atoms with Crippen molar-refractivity contribution in [3.05, 3.63) is 59.9 Å². The zero-order chi connectivity index (χ0) is 21.8. The molecule has 0 aliphatic carbocycles. The van der Waals surface area contributed by atoms with E-state index in [2.05, 4.69) is 25.9 Å². The topological polar surface area (TPSA) is 115 Å². The molecule has 0 unspecified atom stereocenters. The van der Waals surface area contributed by atoms with Crippen molar-refractivity contribution >= 4 is 23.2 Å². The molecule has 10 heteroatoms. The van der Waals surface area contributed by atoms with Gasteiger partial charge in [0.05, 0.1) is 13.7 Å². The lowest BCUT2D eigenvalue weighted by molar-refractivity contribution is -0.132. The van der Waals surface area contributed by atoms with Gasteiger partial charge < -0.3 is 10.1 Å². The average molecular weight is 419 g/mol. The minimum atomic E-state index is -0.366. The number of amides is 2. The van der Waals surface area contributed by atoms with E-state index in [1.807, 2.05) is 30.3 Å². The van der Waals surface area contributed by atoms with Crippen LogP contribution < -0.4 is 10.1 Å². The lowest BCUT2D eigenvalue weighted by atomic mass is 10.1. The molecule has 4 rings (SSSR count). The average Bonchev–Trinajstić information content (AvgIpc) is 3.21. The third-order valence-electron chi connectivity index (χ3n) is 4.83. The second kappa shape index (κ2) is 8.74. The summed E-state index contributed by atoms with van der Waals surface area (Å²) < 4.78 is 6.91. The number of hydrazone groups is 1. The molecule has 0 bridgehead atoms. The molecule has 3 aromatic rings. The van der Waals surface area contributed by atoms with Gasteiger partial charge in [-0.15, -0.1) is 5.10 Å². The number of benzene rings is 2. The summed E-state index contributed by atoms with van der Waals surface area (Å²) >= 11 is 0. The van der Waals surface area contributed by atoms with E-state index in [0.29, 0.717) is 35.2 Å². The maximum Gasteiger partial charge on any atom is 0.271 e. The van der Waals surface area contributed by atoms with Gasteiger partial charge in [0.1, 0.15) is 17.1 Å². The minimum absolute atomic E-state index is 0.110. The molecule has 158 valence electrons. The van der Waals surface area contributed by atoms with Gasteiger partial charge >= 0.3 is 0 Å². The monoisotopic (exact) mass is 419 g/mol. The molecule has 0 fully saturated rings. The van der Waals surface area contributed by atoms with E-state index in [1.54, 1.807) is 32.2 Å². The van der Waals surface area contributed by atoms with Crippen molar-refractivity contribution in [2.45, 2.75) is 26.3 Å². The summed E-state index contributed by atoms with van der Waals surface area (Å²) in [6.45, 7) is 2.08. The van der Waals surface area contributed by atoms with Gasteiger partial charge in [-0.3, -0.25) is 9.59 Å². The van der Waals surface area contributed by atoms with Gasteiger partial charge in [-0.05, 0) is 41.1 Å². The quantitative estimate of drug-likeness (QED) is 0.654. The van der Waals surface area contributed by atoms with Crippen LogP contribution in [0.3, 0.4) is 0 Å². The summed E-state index contributed by atoms with van der Waals surface area (Å²) in [4.78, 5) is 25.1. The first kappa shape index (κ1) is 20.2. The summed E-state index contributed by atoms with van der Waals surface area (Å²) in [5, 5.41) is 20.0. The van der Waals surface area contributed by atoms with Crippen LogP contribution in [-0.2, 0) is 16.1 Å². The Balaban J connectivity index is 1.54. The van der Waals surface area contributed by atoms with Crippen LogP contribution in [0.4, 0.5) is 5.69 Å². The van der Waals surface area contributed by atoms with Crippen LogP contribution in [0.25, 0.3) is 5.69 Å². The molecule has 2 aromatic carbocycles. The van der Waals surface area contributed by atoms with Crippen LogP contribution >= 0.6 is 0 Å². The number of hydrogen-bond donors (Lipinski definition) is 1. The van der Waals surface area contributed by atoms with Crippen molar-refractivity contribution in [2.24, 2.45) is 5.10 Å². The number of aryl methyl sites for hydroxylation is 1. The lowest BCUT2D eigenvalue weighted by Gasteiger charge is -2.23. The van der Waals surface area contributed by atoms with Gasteiger partial charge in [0, 0.05) is 18.5 Å². The van der Waals surface area contributed by atoms with Gasteiger partial charge in [-0.2, -0.15) is 9.78 Å².